The van der Waals surface area contributed by atoms with Crippen LogP contribution in [0.1, 0.15) is 27.7 Å². The molecule has 86 valence electrons. The summed E-state index contributed by atoms with van der Waals surface area (Å²) in [6.07, 6.45) is -1.52. The summed E-state index contributed by atoms with van der Waals surface area (Å²) in [4.78, 5) is 9.72. The summed E-state index contributed by atoms with van der Waals surface area (Å²) in [5.41, 5.74) is 0. The number of ether oxygens (including phenoxy) is 3. The standard InChI is InChI=1S/C9H20O5/c1-5-10-9(11-6-2,12-7-3)14-13-8-4/h5-8H2,1-4H3. The third-order valence-corrected chi connectivity index (χ3v) is 1.24. The van der Waals surface area contributed by atoms with E-state index in [1.54, 1.807) is 6.92 Å². The molecule has 0 saturated heterocycles. The highest BCUT2D eigenvalue weighted by atomic mass is 17.3. The van der Waals surface area contributed by atoms with Gasteiger partial charge in [0.1, 0.15) is 0 Å². The number of hydrogen-bond acceptors (Lipinski definition) is 5. The van der Waals surface area contributed by atoms with Gasteiger partial charge in [-0.25, -0.2) is 4.89 Å². The largest absolute Gasteiger partial charge is 0.439 e. The Kier molecular flexibility index (Phi) is 8.02. The summed E-state index contributed by atoms with van der Waals surface area (Å²) < 4.78 is 15.7. The predicted octanol–water partition coefficient (Wildman–Crippen LogP) is 1.68. The van der Waals surface area contributed by atoms with Crippen LogP contribution in [0.25, 0.3) is 0 Å². The van der Waals surface area contributed by atoms with E-state index in [0.717, 1.165) is 0 Å². The van der Waals surface area contributed by atoms with Crippen LogP contribution in [0.3, 0.4) is 0 Å². The molecule has 5 nitrogen and oxygen atoms in total. The molecule has 5 heteroatoms. The van der Waals surface area contributed by atoms with Gasteiger partial charge in [-0.1, -0.05) is 0 Å². The molecule has 0 radical (unpaired) electrons. The van der Waals surface area contributed by atoms with E-state index < -0.39 is 6.16 Å². The molecule has 0 saturated carbocycles. The maximum atomic E-state index is 5.22. The second kappa shape index (κ2) is 8.14. The fourth-order valence-electron chi connectivity index (χ4n) is 0.859. The van der Waals surface area contributed by atoms with Gasteiger partial charge in [0, 0.05) is 0 Å². The lowest BCUT2D eigenvalue weighted by atomic mass is 10.8. The molecule has 0 aromatic rings. The smallest absolute Gasteiger partial charge is 0.302 e. The lowest BCUT2D eigenvalue weighted by molar-refractivity contribution is -0.586. The van der Waals surface area contributed by atoms with E-state index in [1.165, 1.54) is 0 Å². The second-order valence-corrected chi connectivity index (χ2v) is 2.29. The van der Waals surface area contributed by atoms with Gasteiger partial charge in [-0.2, -0.15) is 0 Å². The minimum Gasteiger partial charge on any atom is -0.302 e. The lowest BCUT2D eigenvalue weighted by Gasteiger charge is -2.29. The summed E-state index contributed by atoms with van der Waals surface area (Å²) in [5, 5.41) is 0. The summed E-state index contributed by atoms with van der Waals surface area (Å²) >= 11 is 0. The summed E-state index contributed by atoms with van der Waals surface area (Å²) in [5.74, 6) is 0. The predicted molar refractivity (Wildman–Crippen MR) is 50.3 cm³/mol. The Bertz CT molecular complexity index is 111. The van der Waals surface area contributed by atoms with E-state index in [1.807, 2.05) is 20.8 Å². The Morgan fingerprint density at radius 2 is 1.14 bits per heavy atom. The van der Waals surface area contributed by atoms with Crippen LogP contribution < -0.4 is 0 Å². The molecular weight excluding hydrogens is 188 g/mol. The van der Waals surface area contributed by atoms with Crippen LogP contribution in [0.5, 0.6) is 0 Å². The topological polar surface area (TPSA) is 46.2 Å². The maximum Gasteiger partial charge on any atom is 0.439 e. The Hall–Kier alpha value is -0.200. The molecule has 0 rings (SSSR count). The first-order valence-electron chi connectivity index (χ1n) is 4.97. The minimum atomic E-state index is -1.52. The third kappa shape index (κ3) is 4.88. The van der Waals surface area contributed by atoms with Crippen LogP contribution >= 0.6 is 0 Å². The molecule has 0 fully saturated rings. The molecule has 0 bridgehead atoms. The van der Waals surface area contributed by atoms with E-state index in [0.29, 0.717) is 26.4 Å². The molecule has 0 aliphatic carbocycles. The van der Waals surface area contributed by atoms with Crippen molar-refractivity contribution in [3.63, 3.8) is 0 Å². The van der Waals surface area contributed by atoms with Gasteiger partial charge in [0.05, 0.1) is 26.4 Å². The highest BCUT2D eigenvalue weighted by molar-refractivity contribution is 4.37. The third-order valence-electron chi connectivity index (χ3n) is 1.24. The van der Waals surface area contributed by atoms with Crippen molar-refractivity contribution in [2.75, 3.05) is 26.4 Å². The van der Waals surface area contributed by atoms with E-state index in [-0.39, 0.29) is 0 Å². The van der Waals surface area contributed by atoms with Crippen molar-refractivity contribution < 1.29 is 24.0 Å². The molecule has 0 aliphatic rings. The van der Waals surface area contributed by atoms with Gasteiger partial charge in [-0.3, -0.25) is 0 Å². The van der Waals surface area contributed by atoms with Crippen LogP contribution in [0.15, 0.2) is 0 Å². The summed E-state index contributed by atoms with van der Waals surface area (Å²) in [6, 6.07) is 0. The molecule has 0 aromatic carbocycles. The van der Waals surface area contributed by atoms with Crippen molar-refractivity contribution in [3.8, 4) is 0 Å². The van der Waals surface area contributed by atoms with Crippen LogP contribution in [0.2, 0.25) is 0 Å². The minimum absolute atomic E-state index is 0.398. The van der Waals surface area contributed by atoms with Gasteiger partial charge >= 0.3 is 6.16 Å². The molecular formula is C9H20O5. The van der Waals surface area contributed by atoms with Crippen LogP contribution in [-0.2, 0) is 24.0 Å². The molecule has 0 amide bonds. The van der Waals surface area contributed by atoms with Gasteiger partial charge in [0.15, 0.2) is 0 Å². The quantitative estimate of drug-likeness (QED) is 0.328. The first kappa shape index (κ1) is 13.8. The molecule has 0 aromatic heterocycles. The van der Waals surface area contributed by atoms with E-state index >= 15 is 0 Å². The Morgan fingerprint density at radius 3 is 1.43 bits per heavy atom. The zero-order valence-corrected chi connectivity index (χ0v) is 9.37. The SMILES string of the molecule is CCOOC(OCC)(OCC)OCC. The molecule has 0 spiro atoms. The second-order valence-electron chi connectivity index (χ2n) is 2.29. The average Bonchev–Trinajstić information content (AvgIpc) is 2.16. The van der Waals surface area contributed by atoms with Gasteiger partial charge in [0.2, 0.25) is 0 Å². The highest BCUT2D eigenvalue weighted by Gasteiger charge is 2.36. The Labute approximate surface area is 85.2 Å². The number of hydrogen-bond donors (Lipinski definition) is 0. The molecule has 14 heavy (non-hydrogen) atoms. The van der Waals surface area contributed by atoms with E-state index in [4.69, 9.17) is 24.0 Å². The Balaban J connectivity index is 4.21. The Morgan fingerprint density at radius 1 is 0.714 bits per heavy atom. The molecule has 0 unspecified atom stereocenters. The van der Waals surface area contributed by atoms with E-state index in [2.05, 4.69) is 0 Å². The average molecular weight is 208 g/mol. The van der Waals surface area contributed by atoms with Crippen molar-refractivity contribution in [3.05, 3.63) is 0 Å². The fourth-order valence-corrected chi connectivity index (χ4v) is 0.859. The van der Waals surface area contributed by atoms with Gasteiger partial charge in [-0.15, -0.1) is 4.89 Å². The zero-order valence-electron chi connectivity index (χ0n) is 9.37. The first-order valence-corrected chi connectivity index (χ1v) is 4.97. The monoisotopic (exact) mass is 208 g/mol. The van der Waals surface area contributed by atoms with Crippen LogP contribution in [0, 0.1) is 0 Å². The summed E-state index contributed by atoms with van der Waals surface area (Å²) in [6.45, 7) is 8.89. The van der Waals surface area contributed by atoms with Crippen LogP contribution in [0.4, 0.5) is 0 Å². The lowest BCUT2D eigenvalue weighted by Crippen LogP contribution is -2.42. The van der Waals surface area contributed by atoms with Gasteiger partial charge < -0.3 is 14.2 Å². The number of rotatable bonds is 9. The van der Waals surface area contributed by atoms with Gasteiger partial charge in [-0.05, 0) is 27.7 Å². The van der Waals surface area contributed by atoms with Crippen molar-refractivity contribution in [2.45, 2.75) is 33.9 Å². The van der Waals surface area contributed by atoms with Crippen molar-refractivity contribution in [1.82, 2.24) is 0 Å². The normalized spacial score (nSPS) is 12.0. The van der Waals surface area contributed by atoms with Crippen LogP contribution in [-0.4, -0.2) is 32.6 Å². The zero-order chi connectivity index (χ0) is 10.9. The maximum absolute atomic E-state index is 5.22. The molecule has 0 aliphatic heterocycles. The van der Waals surface area contributed by atoms with Crippen molar-refractivity contribution in [1.29, 1.82) is 0 Å². The first-order chi connectivity index (χ1) is 6.74. The molecule has 0 heterocycles. The van der Waals surface area contributed by atoms with Gasteiger partial charge in [0.25, 0.3) is 0 Å². The summed E-state index contributed by atoms with van der Waals surface area (Å²) in [7, 11) is 0. The van der Waals surface area contributed by atoms with Crippen molar-refractivity contribution in [2.24, 2.45) is 0 Å². The fraction of sp³-hybridized carbons (Fsp3) is 1.00. The molecule has 0 N–H and O–H groups in total. The highest BCUT2D eigenvalue weighted by Crippen LogP contribution is 2.17. The molecule has 0 atom stereocenters. The van der Waals surface area contributed by atoms with Crippen molar-refractivity contribution >= 4 is 0 Å². The van der Waals surface area contributed by atoms with E-state index in [9.17, 15) is 0 Å².